The highest BCUT2D eigenvalue weighted by Crippen LogP contribution is 2.24. The highest BCUT2D eigenvalue weighted by atomic mass is 79.9. The lowest BCUT2D eigenvalue weighted by molar-refractivity contribution is 0.191. The molecule has 2 aromatic rings. The van der Waals surface area contributed by atoms with Crippen LogP contribution in [0, 0.1) is 6.92 Å². The second kappa shape index (κ2) is 6.42. The number of aliphatic hydroxyl groups is 1. The van der Waals surface area contributed by atoms with E-state index in [2.05, 4.69) is 21.2 Å². The zero-order chi connectivity index (χ0) is 13.8. The van der Waals surface area contributed by atoms with Crippen LogP contribution in [-0.4, -0.2) is 11.7 Å². The molecule has 2 nitrogen and oxygen atoms in total. The average molecular weight is 341 g/mol. The summed E-state index contributed by atoms with van der Waals surface area (Å²) < 4.78 is 0.956. The molecule has 0 aliphatic heterocycles. The highest BCUT2D eigenvalue weighted by molar-refractivity contribution is 9.10. The van der Waals surface area contributed by atoms with Crippen LogP contribution in [0.4, 0.5) is 5.69 Å². The molecule has 1 unspecified atom stereocenters. The van der Waals surface area contributed by atoms with Gasteiger partial charge in [-0.1, -0.05) is 45.7 Å². The summed E-state index contributed by atoms with van der Waals surface area (Å²) >= 11 is 9.49. The lowest BCUT2D eigenvalue weighted by atomic mass is 10.1. The Morgan fingerprint density at radius 3 is 2.79 bits per heavy atom. The minimum atomic E-state index is -0.575. The van der Waals surface area contributed by atoms with E-state index < -0.39 is 6.10 Å². The third-order valence-electron chi connectivity index (χ3n) is 2.84. The first-order valence-corrected chi connectivity index (χ1v) is 7.17. The monoisotopic (exact) mass is 339 g/mol. The number of halogens is 2. The van der Waals surface area contributed by atoms with Crippen LogP contribution in [0.2, 0.25) is 5.02 Å². The Hall–Kier alpha value is -1.03. The van der Waals surface area contributed by atoms with E-state index in [0.29, 0.717) is 11.6 Å². The van der Waals surface area contributed by atoms with Crippen molar-refractivity contribution in [3.8, 4) is 0 Å². The van der Waals surface area contributed by atoms with Crippen LogP contribution in [0.5, 0.6) is 0 Å². The first-order chi connectivity index (χ1) is 9.06. The number of hydrogen-bond acceptors (Lipinski definition) is 2. The summed E-state index contributed by atoms with van der Waals surface area (Å²) in [5.41, 5.74) is 2.84. The van der Waals surface area contributed by atoms with Gasteiger partial charge in [-0.3, -0.25) is 0 Å². The van der Waals surface area contributed by atoms with E-state index in [4.69, 9.17) is 11.6 Å². The molecule has 0 aliphatic rings. The van der Waals surface area contributed by atoms with Gasteiger partial charge in [0, 0.05) is 11.0 Å². The van der Waals surface area contributed by atoms with E-state index in [1.165, 1.54) is 0 Å². The standard InChI is InChI=1S/C15H15BrClNO/c1-10-5-6-13(17)14(7-10)18-9-15(19)11-3-2-4-12(16)8-11/h2-8,15,18-19H,9H2,1H3. The fraction of sp³-hybridized carbons (Fsp3) is 0.200. The molecule has 0 aliphatic carbocycles. The molecule has 0 amide bonds. The smallest absolute Gasteiger partial charge is 0.0962 e. The van der Waals surface area contributed by atoms with E-state index in [-0.39, 0.29) is 0 Å². The minimum Gasteiger partial charge on any atom is -0.387 e. The number of nitrogens with one attached hydrogen (secondary N) is 1. The van der Waals surface area contributed by atoms with Crippen molar-refractivity contribution in [3.05, 3.63) is 63.1 Å². The molecular formula is C15H15BrClNO. The van der Waals surface area contributed by atoms with Gasteiger partial charge in [0.05, 0.1) is 16.8 Å². The van der Waals surface area contributed by atoms with E-state index in [0.717, 1.165) is 21.3 Å². The number of anilines is 1. The van der Waals surface area contributed by atoms with Crippen LogP contribution < -0.4 is 5.32 Å². The van der Waals surface area contributed by atoms with Crippen molar-refractivity contribution < 1.29 is 5.11 Å². The van der Waals surface area contributed by atoms with Crippen molar-refractivity contribution in [2.75, 3.05) is 11.9 Å². The molecule has 0 radical (unpaired) electrons. The average Bonchev–Trinajstić information content (AvgIpc) is 2.39. The summed E-state index contributed by atoms with van der Waals surface area (Å²) in [5, 5.41) is 14.0. The van der Waals surface area contributed by atoms with Gasteiger partial charge in [0.2, 0.25) is 0 Å². The number of benzene rings is 2. The molecule has 0 saturated carbocycles. The van der Waals surface area contributed by atoms with E-state index in [1.807, 2.05) is 49.4 Å². The molecule has 100 valence electrons. The predicted octanol–water partition coefficient (Wildman–Crippen LogP) is 4.56. The molecule has 0 fully saturated rings. The maximum absolute atomic E-state index is 10.1. The van der Waals surface area contributed by atoms with Gasteiger partial charge < -0.3 is 10.4 Å². The first-order valence-electron chi connectivity index (χ1n) is 6.00. The predicted molar refractivity (Wildman–Crippen MR) is 83.8 cm³/mol. The van der Waals surface area contributed by atoms with Gasteiger partial charge in [-0.25, -0.2) is 0 Å². The van der Waals surface area contributed by atoms with Gasteiger partial charge >= 0.3 is 0 Å². The molecule has 1 atom stereocenters. The Labute approximate surface area is 126 Å². The topological polar surface area (TPSA) is 32.3 Å². The summed E-state index contributed by atoms with van der Waals surface area (Å²) in [4.78, 5) is 0. The van der Waals surface area contributed by atoms with Crippen LogP contribution >= 0.6 is 27.5 Å². The van der Waals surface area contributed by atoms with E-state index >= 15 is 0 Å². The SMILES string of the molecule is Cc1ccc(Cl)c(NCC(O)c2cccc(Br)c2)c1. The number of aryl methyl sites for hydroxylation is 1. The molecule has 0 saturated heterocycles. The Morgan fingerprint density at radius 1 is 1.26 bits per heavy atom. The van der Waals surface area contributed by atoms with Gasteiger partial charge in [-0.05, 0) is 42.3 Å². The Morgan fingerprint density at radius 2 is 2.05 bits per heavy atom. The zero-order valence-corrected chi connectivity index (χ0v) is 12.9. The van der Waals surface area contributed by atoms with Crippen LogP contribution in [0.1, 0.15) is 17.2 Å². The molecule has 2 N–H and O–H groups in total. The second-order valence-corrected chi connectivity index (χ2v) is 5.76. The molecule has 2 rings (SSSR count). The molecule has 0 aromatic heterocycles. The highest BCUT2D eigenvalue weighted by Gasteiger charge is 2.08. The van der Waals surface area contributed by atoms with Crippen molar-refractivity contribution >= 4 is 33.2 Å². The molecular weight excluding hydrogens is 326 g/mol. The Balaban J connectivity index is 2.04. The van der Waals surface area contributed by atoms with Crippen LogP contribution in [0.25, 0.3) is 0 Å². The van der Waals surface area contributed by atoms with Crippen LogP contribution in [-0.2, 0) is 0 Å². The lowest BCUT2D eigenvalue weighted by Gasteiger charge is -2.14. The number of rotatable bonds is 4. The summed E-state index contributed by atoms with van der Waals surface area (Å²) in [6, 6.07) is 13.4. The van der Waals surface area contributed by atoms with Gasteiger partial charge in [0.25, 0.3) is 0 Å². The molecule has 19 heavy (non-hydrogen) atoms. The van der Waals surface area contributed by atoms with E-state index in [9.17, 15) is 5.11 Å². The summed E-state index contributed by atoms with van der Waals surface area (Å²) in [6.07, 6.45) is -0.575. The lowest BCUT2D eigenvalue weighted by Crippen LogP contribution is -2.12. The largest absolute Gasteiger partial charge is 0.387 e. The minimum absolute atomic E-state index is 0.416. The summed E-state index contributed by atoms with van der Waals surface area (Å²) in [5.74, 6) is 0. The van der Waals surface area contributed by atoms with Crippen molar-refractivity contribution in [1.29, 1.82) is 0 Å². The first kappa shape index (κ1) is 14.4. The van der Waals surface area contributed by atoms with Crippen molar-refractivity contribution in [3.63, 3.8) is 0 Å². The molecule has 2 aromatic carbocycles. The Kier molecular flexibility index (Phi) is 4.86. The second-order valence-electron chi connectivity index (χ2n) is 4.44. The molecule has 4 heteroatoms. The van der Waals surface area contributed by atoms with Gasteiger partial charge in [0.15, 0.2) is 0 Å². The fourth-order valence-corrected chi connectivity index (χ4v) is 2.41. The van der Waals surface area contributed by atoms with Crippen molar-refractivity contribution in [2.24, 2.45) is 0 Å². The fourth-order valence-electron chi connectivity index (χ4n) is 1.81. The van der Waals surface area contributed by atoms with Gasteiger partial charge in [0.1, 0.15) is 0 Å². The zero-order valence-electron chi connectivity index (χ0n) is 10.5. The summed E-state index contributed by atoms with van der Waals surface area (Å²) in [6.45, 7) is 2.42. The quantitative estimate of drug-likeness (QED) is 0.855. The summed E-state index contributed by atoms with van der Waals surface area (Å²) in [7, 11) is 0. The van der Waals surface area contributed by atoms with Crippen LogP contribution in [0.3, 0.4) is 0 Å². The van der Waals surface area contributed by atoms with Gasteiger partial charge in [-0.2, -0.15) is 0 Å². The third kappa shape index (κ3) is 3.96. The number of hydrogen-bond donors (Lipinski definition) is 2. The third-order valence-corrected chi connectivity index (χ3v) is 3.66. The molecule has 0 heterocycles. The van der Waals surface area contributed by atoms with E-state index in [1.54, 1.807) is 0 Å². The van der Waals surface area contributed by atoms with Crippen LogP contribution in [0.15, 0.2) is 46.9 Å². The maximum Gasteiger partial charge on any atom is 0.0962 e. The number of aliphatic hydroxyl groups excluding tert-OH is 1. The van der Waals surface area contributed by atoms with Crippen molar-refractivity contribution in [1.82, 2.24) is 0 Å². The molecule has 0 bridgehead atoms. The van der Waals surface area contributed by atoms with Gasteiger partial charge in [-0.15, -0.1) is 0 Å². The van der Waals surface area contributed by atoms with Crippen molar-refractivity contribution in [2.45, 2.75) is 13.0 Å². The Bertz CT molecular complexity index is 574. The normalized spacial score (nSPS) is 12.2. The molecule has 0 spiro atoms. The maximum atomic E-state index is 10.1.